The van der Waals surface area contributed by atoms with Gasteiger partial charge >= 0.3 is 0 Å². The first-order chi connectivity index (χ1) is 11.2. The van der Waals surface area contributed by atoms with E-state index in [4.69, 9.17) is 5.73 Å². The Labute approximate surface area is 139 Å². The fourth-order valence-electron chi connectivity index (χ4n) is 3.30. The number of nitrogens with zero attached hydrogens (tertiary/aromatic N) is 2. The van der Waals surface area contributed by atoms with Crippen LogP contribution in [0.15, 0.2) is 24.4 Å². The zero-order chi connectivity index (χ0) is 15.8. The maximum absolute atomic E-state index is 6.01. The van der Waals surface area contributed by atoms with Crippen LogP contribution in [0.25, 0.3) is 20.8 Å². The number of thiophene rings is 1. The number of nitrogen functional groups attached to an aromatic ring is 1. The van der Waals surface area contributed by atoms with E-state index in [9.17, 15) is 0 Å². The van der Waals surface area contributed by atoms with Crippen LogP contribution in [-0.4, -0.2) is 21.2 Å². The highest BCUT2D eigenvalue weighted by Crippen LogP contribution is 2.38. The highest BCUT2D eigenvalue weighted by Gasteiger charge is 2.20. The Morgan fingerprint density at radius 3 is 2.83 bits per heavy atom. The second kappa shape index (κ2) is 5.85. The number of hydrogen-bond acceptors (Lipinski definition) is 5. The van der Waals surface area contributed by atoms with Gasteiger partial charge in [0.25, 0.3) is 0 Å². The van der Waals surface area contributed by atoms with Gasteiger partial charge in [0.2, 0.25) is 0 Å². The van der Waals surface area contributed by atoms with E-state index >= 15 is 0 Å². The number of hydrogen-bond donors (Lipinski definition) is 3. The van der Waals surface area contributed by atoms with Crippen molar-refractivity contribution >= 4 is 33.1 Å². The summed E-state index contributed by atoms with van der Waals surface area (Å²) in [6, 6.07) is 6.56. The van der Waals surface area contributed by atoms with E-state index in [2.05, 4.69) is 33.5 Å². The summed E-state index contributed by atoms with van der Waals surface area (Å²) >= 11 is 1.73. The molecule has 0 bridgehead atoms. The second-order valence-corrected chi connectivity index (χ2v) is 7.54. The third-order valence-corrected chi connectivity index (χ3v) is 5.83. The summed E-state index contributed by atoms with van der Waals surface area (Å²) < 4.78 is 1.17. The average Bonchev–Trinajstić information content (AvgIpc) is 3.18. The zero-order valence-electron chi connectivity index (χ0n) is 13.2. The highest BCUT2D eigenvalue weighted by atomic mass is 32.1. The molecule has 4 N–H and O–H groups in total. The molecule has 0 saturated heterocycles. The molecular formula is C17H21N5S. The van der Waals surface area contributed by atoms with Gasteiger partial charge in [0.05, 0.1) is 26.5 Å². The first-order valence-corrected chi connectivity index (χ1v) is 8.97. The van der Waals surface area contributed by atoms with Gasteiger partial charge in [-0.25, -0.2) is 4.98 Å². The lowest BCUT2D eigenvalue weighted by molar-refractivity contribution is 0.361. The third kappa shape index (κ3) is 2.91. The molecule has 120 valence electrons. The van der Waals surface area contributed by atoms with Crippen molar-refractivity contribution in [1.82, 2.24) is 15.2 Å². The van der Waals surface area contributed by atoms with Crippen LogP contribution in [0.3, 0.4) is 0 Å². The van der Waals surface area contributed by atoms with Crippen LogP contribution in [0.2, 0.25) is 0 Å². The first-order valence-electron chi connectivity index (χ1n) is 8.15. The molecule has 1 aliphatic carbocycles. The second-order valence-electron chi connectivity index (χ2n) is 6.49. The smallest absolute Gasteiger partial charge is 0.126 e. The molecule has 6 heteroatoms. The molecule has 0 amide bonds. The van der Waals surface area contributed by atoms with Gasteiger partial charge in [-0.2, -0.15) is 5.10 Å². The Balaban J connectivity index is 1.68. The summed E-state index contributed by atoms with van der Waals surface area (Å²) in [5.74, 6) is 1.42. The normalized spacial score (nSPS) is 21.6. The quantitative estimate of drug-likeness (QED) is 0.671. The van der Waals surface area contributed by atoms with Crippen LogP contribution in [-0.2, 0) is 0 Å². The number of pyridine rings is 1. The van der Waals surface area contributed by atoms with Crippen LogP contribution in [0, 0.1) is 5.92 Å². The molecule has 0 atom stereocenters. The molecule has 3 aromatic rings. The lowest BCUT2D eigenvalue weighted by Gasteiger charge is -2.28. The molecule has 1 fully saturated rings. The van der Waals surface area contributed by atoms with Crippen LogP contribution in [0.1, 0.15) is 32.6 Å². The fraction of sp³-hybridized carbons (Fsp3) is 0.412. The van der Waals surface area contributed by atoms with Crippen LogP contribution >= 0.6 is 11.3 Å². The van der Waals surface area contributed by atoms with Crippen LogP contribution < -0.4 is 11.1 Å². The summed E-state index contributed by atoms with van der Waals surface area (Å²) in [7, 11) is 0. The highest BCUT2D eigenvalue weighted by molar-refractivity contribution is 7.22. The molecule has 4 rings (SSSR count). The van der Waals surface area contributed by atoms with E-state index in [1.165, 1.54) is 30.4 Å². The molecule has 1 aliphatic rings. The predicted octanol–water partition coefficient (Wildman–Crippen LogP) is 4.26. The number of anilines is 2. The number of rotatable bonds is 3. The Kier molecular flexibility index (Phi) is 3.69. The van der Waals surface area contributed by atoms with Gasteiger partial charge < -0.3 is 11.1 Å². The molecule has 3 heterocycles. The van der Waals surface area contributed by atoms with Gasteiger partial charge in [-0.1, -0.05) is 6.92 Å². The molecule has 0 aromatic carbocycles. The number of nitrogens with two attached hydrogens (primary N) is 1. The number of fused-ring (bicyclic) bond motifs is 1. The average molecular weight is 327 g/mol. The Morgan fingerprint density at radius 2 is 2.09 bits per heavy atom. The maximum Gasteiger partial charge on any atom is 0.126 e. The monoisotopic (exact) mass is 327 g/mol. The number of nitrogens with one attached hydrogen (secondary N) is 2. The van der Waals surface area contributed by atoms with Crippen molar-refractivity contribution in [2.45, 2.75) is 38.6 Å². The lowest BCUT2D eigenvalue weighted by Crippen LogP contribution is -2.25. The molecule has 0 unspecified atom stereocenters. The molecule has 3 aromatic heterocycles. The van der Waals surface area contributed by atoms with Crippen molar-refractivity contribution in [3.63, 3.8) is 0 Å². The summed E-state index contributed by atoms with van der Waals surface area (Å²) in [5, 5.41) is 10.8. The molecule has 1 saturated carbocycles. The SMILES string of the molecule is CC1CCC(Nc2cc(N)nc3cc(-c4ccn[nH]4)sc23)CC1. The van der Waals surface area contributed by atoms with Gasteiger partial charge in [-0.05, 0) is 43.7 Å². The fourth-order valence-corrected chi connectivity index (χ4v) is 4.35. The van der Waals surface area contributed by atoms with Crippen LogP contribution in [0.4, 0.5) is 11.5 Å². The molecule has 23 heavy (non-hydrogen) atoms. The summed E-state index contributed by atoms with van der Waals surface area (Å²) in [5.41, 5.74) is 9.09. The van der Waals surface area contributed by atoms with E-state index in [0.717, 1.165) is 27.7 Å². The minimum atomic E-state index is 0.536. The topological polar surface area (TPSA) is 79.6 Å². The van der Waals surface area contributed by atoms with Crippen LogP contribution in [0.5, 0.6) is 0 Å². The minimum absolute atomic E-state index is 0.536. The van der Waals surface area contributed by atoms with Gasteiger partial charge in [0, 0.05) is 18.3 Å². The van der Waals surface area contributed by atoms with Gasteiger partial charge in [0.1, 0.15) is 5.82 Å². The third-order valence-electron chi connectivity index (χ3n) is 4.64. The van der Waals surface area contributed by atoms with E-state index in [-0.39, 0.29) is 0 Å². The van der Waals surface area contributed by atoms with Crippen molar-refractivity contribution in [2.24, 2.45) is 5.92 Å². The van der Waals surface area contributed by atoms with Crippen molar-refractivity contribution in [2.75, 3.05) is 11.1 Å². The number of H-pyrrole nitrogens is 1. The largest absolute Gasteiger partial charge is 0.384 e. The van der Waals surface area contributed by atoms with E-state index in [1.54, 1.807) is 17.5 Å². The van der Waals surface area contributed by atoms with E-state index in [0.29, 0.717) is 11.9 Å². The Morgan fingerprint density at radius 1 is 1.26 bits per heavy atom. The summed E-state index contributed by atoms with van der Waals surface area (Å²) in [6.07, 6.45) is 6.81. The number of aromatic amines is 1. The van der Waals surface area contributed by atoms with Crippen molar-refractivity contribution in [1.29, 1.82) is 0 Å². The number of aromatic nitrogens is 3. The van der Waals surface area contributed by atoms with Gasteiger partial charge in [-0.15, -0.1) is 11.3 Å². The maximum atomic E-state index is 6.01. The summed E-state index contributed by atoms with van der Waals surface area (Å²) in [6.45, 7) is 2.34. The van der Waals surface area contributed by atoms with E-state index < -0.39 is 0 Å². The van der Waals surface area contributed by atoms with Crippen molar-refractivity contribution in [3.8, 4) is 10.6 Å². The summed E-state index contributed by atoms with van der Waals surface area (Å²) in [4.78, 5) is 5.62. The molecule has 0 radical (unpaired) electrons. The zero-order valence-corrected chi connectivity index (χ0v) is 14.0. The predicted molar refractivity (Wildman–Crippen MR) is 96.7 cm³/mol. The van der Waals surface area contributed by atoms with E-state index in [1.807, 2.05) is 12.1 Å². The van der Waals surface area contributed by atoms with Crippen molar-refractivity contribution < 1.29 is 0 Å². The Hall–Kier alpha value is -2.08. The van der Waals surface area contributed by atoms with Crippen molar-refractivity contribution in [3.05, 3.63) is 24.4 Å². The van der Waals surface area contributed by atoms with Gasteiger partial charge in [0.15, 0.2) is 0 Å². The molecule has 0 spiro atoms. The molecule has 0 aliphatic heterocycles. The standard InChI is InChI=1S/C17H21N5S/c1-10-2-4-11(5-3-10)20-14-9-16(18)21-13-8-15(23-17(13)14)12-6-7-19-22-12/h6-11H,2-5H2,1H3,(H,19,22)(H3,18,20,21). The lowest BCUT2D eigenvalue weighted by atomic mass is 9.87. The minimum Gasteiger partial charge on any atom is -0.384 e. The van der Waals surface area contributed by atoms with Gasteiger partial charge in [-0.3, -0.25) is 5.10 Å². The Bertz CT molecular complexity index is 800. The molecule has 5 nitrogen and oxygen atoms in total. The molecular weight excluding hydrogens is 306 g/mol. The first kappa shape index (κ1) is 14.5.